The Bertz CT molecular complexity index is 1030. The third-order valence-electron chi connectivity index (χ3n) is 4.03. The van der Waals surface area contributed by atoms with E-state index in [0.29, 0.717) is 12.1 Å². The number of amides is 2. The molecule has 0 bridgehead atoms. The molecule has 0 aliphatic rings. The second-order valence-corrected chi connectivity index (χ2v) is 7.97. The highest BCUT2D eigenvalue weighted by Crippen LogP contribution is 2.19. The number of aromatic nitrogens is 2. The van der Waals surface area contributed by atoms with Crippen LogP contribution in [-0.2, 0) is 10.0 Å². The van der Waals surface area contributed by atoms with Crippen LogP contribution in [0.3, 0.4) is 0 Å². The van der Waals surface area contributed by atoms with Gasteiger partial charge in [0.15, 0.2) is 0 Å². The fourth-order valence-corrected chi connectivity index (χ4v) is 3.33. The summed E-state index contributed by atoms with van der Waals surface area (Å²) >= 11 is 0. The Morgan fingerprint density at radius 2 is 1.85 bits per heavy atom. The SMILES string of the molecule is CNS(=O)(=O)CCCNC(=O)Nc1ccc(-n2ncc3ccccc32)cc1. The van der Waals surface area contributed by atoms with Gasteiger partial charge in [-0.05, 0) is 43.8 Å². The molecule has 1 heterocycles. The van der Waals surface area contributed by atoms with E-state index < -0.39 is 10.0 Å². The first-order chi connectivity index (χ1) is 13.0. The lowest BCUT2D eigenvalue weighted by atomic mass is 10.2. The smallest absolute Gasteiger partial charge is 0.319 e. The zero-order valence-corrected chi connectivity index (χ0v) is 15.7. The van der Waals surface area contributed by atoms with Crippen molar-refractivity contribution < 1.29 is 13.2 Å². The molecule has 0 aliphatic heterocycles. The van der Waals surface area contributed by atoms with Crippen molar-refractivity contribution in [2.75, 3.05) is 24.7 Å². The van der Waals surface area contributed by atoms with Crippen LogP contribution in [0.1, 0.15) is 6.42 Å². The van der Waals surface area contributed by atoms with Gasteiger partial charge in [-0.2, -0.15) is 5.10 Å². The van der Waals surface area contributed by atoms with Crippen molar-refractivity contribution in [3.8, 4) is 5.69 Å². The van der Waals surface area contributed by atoms with Crippen LogP contribution >= 0.6 is 0 Å². The summed E-state index contributed by atoms with van der Waals surface area (Å²) in [5, 5.41) is 10.8. The van der Waals surface area contributed by atoms with Crippen LogP contribution in [0, 0.1) is 0 Å². The monoisotopic (exact) mass is 387 g/mol. The maximum atomic E-state index is 11.9. The highest BCUT2D eigenvalue weighted by atomic mass is 32.2. The van der Waals surface area contributed by atoms with Gasteiger partial charge in [-0.1, -0.05) is 18.2 Å². The Morgan fingerprint density at radius 1 is 1.11 bits per heavy atom. The van der Waals surface area contributed by atoms with E-state index >= 15 is 0 Å². The van der Waals surface area contributed by atoms with Gasteiger partial charge in [0.25, 0.3) is 0 Å². The molecule has 0 atom stereocenters. The molecule has 142 valence electrons. The number of fused-ring (bicyclic) bond motifs is 1. The molecule has 0 saturated carbocycles. The predicted molar refractivity (Wildman–Crippen MR) is 106 cm³/mol. The van der Waals surface area contributed by atoms with Gasteiger partial charge in [0.05, 0.1) is 23.2 Å². The summed E-state index contributed by atoms with van der Waals surface area (Å²) in [6.45, 7) is 0.268. The van der Waals surface area contributed by atoms with Crippen LogP contribution in [0.2, 0.25) is 0 Å². The van der Waals surface area contributed by atoms with Gasteiger partial charge in [-0.15, -0.1) is 0 Å². The average molecular weight is 387 g/mol. The lowest BCUT2D eigenvalue weighted by Crippen LogP contribution is -2.31. The molecule has 0 unspecified atom stereocenters. The predicted octanol–water partition coefficient (Wildman–Crippen LogP) is 2.09. The Kier molecular flexibility index (Phi) is 5.72. The minimum atomic E-state index is -3.25. The fraction of sp³-hybridized carbons (Fsp3) is 0.222. The van der Waals surface area contributed by atoms with E-state index in [1.54, 1.807) is 12.1 Å². The van der Waals surface area contributed by atoms with Crippen molar-refractivity contribution in [2.24, 2.45) is 0 Å². The summed E-state index contributed by atoms with van der Waals surface area (Å²) < 4.78 is 26.7. The Labute approximate surface area is 157 Å². The zero-order valence-electron chi connectivity index (χ0n) is 14.8. The summed E-state index contributed by atoms with van der Waals surface area (Å²) in [5.74, 6) is -0.0314. The quantitative estimate of drug-likeness (QED) is 0.540. The van der Waals surface area contributed by atoms with Crippen LogP contribution in [0.25, 0.3) is 16.6 Å². The minimum Gasteiger partial charge on any atom is -0.338 e. The number of sulfonamides is 1. The minimum absolute atomic E-state index is 0.0314. The van der Waals surface area contributed by atoms with Crippen molar-refractivity contribution in [1.82, 2.24) is 19.8 Å². The Hall–Kier alpha value is -2.91. The number of rotatable bonds is 7. The molecule has 2 amide bonds. The second kappa shape index (κ2) is 8.19. The highest BCUT2D eigenvalue weighted by molar-refractivity contribution is 7.89. The third-order valence-corrected chi connectivity index (χ3v) is 5.48. The molecular formula is C18H21N5O3S. The number of carbonyl (C=O) groups excluding carboxylic acids is 1. The molecule has 27 heavy (non-hydrogen) atoms. The average Bonchev–Trinajstić information content (AvgIpc) is 3.10. The number of carbonyl (C=O) groups is 1. The van der Waals surface area contributed by atoms with E-state index in [9.17, 15) is 13.2 Å². The molecule has 3 N–H and O–H groups in total. The van der Waals surface area contributed by atoms with Gasteiger partial charge in [-0.25, -0.2) is 22.6 Å². The van der Waals surface area contributed by atoms with Gasteiger partial charge in [-0.3, -0.25) is 0 Å². The number of hydrogen-bond acceptors (Lipinski definition) is 4. The van der Waals surface area contributed by atoms with Crippen molar-refractivity contribution in [2.45, 2.75) is 6.42 Å². The van der Waals surface area contributed by atoms with Gasteiger partial charge >= 0.3 is 6.03 Å². The number of anilines is 1. The molecule has 9 heteroatoms. The second-order valence-electron chi connectivity index (χ2n) is 5.92. The maximum Gasteiger partial charge on any atom is 0.319 e. The van der Waals surface area contributed by atoms with Gasteiger partial charge < -0.3 is 10.6 Å². The number of nitrogens with one attached hydrogen (secondary N) is 3. The number of para-hydroxylation sites is 1. The number of nitrogens with zero attached hydrogens (tertiary/aromatic N) is 2. The van der Waals surface area contributed by atoms with E-state index in [2.05, 4.69) is 20.5 Å². The van der Waals surface area contributed by atoms with Gasteiger partial charge in [0.2, 0.25) is 10.0 Å². The van der Waals surface area contributed by atoms with Crippen LogP contribution < -0.4 is 15.4 Å². The van der Waals surface area contributed by atoms with Crippen molar-refractivity contribution in [3.63, 3.8) is 0 Å². The summed E-state index contributed by atoms with van der Waals surface area (Å²) in [6.07, 6.45) is 2.14. The van der Waals surface area contributed by atoms with Gasteiger partial charge in [0.1, 0.15) is 0 Å². The van der Waals surface area contributed by atoms with Crippen molar-refractivity contribution in [1.29, 1.82) is 0 Å². The Morgan fingerprint density at radius 3 is 2.59 bits per heavy atom. The largest absolute Gasteiger partial charge is 0.338 e. The van der Waals surface area contributed by atoms with Crippen LogP contribution in [0.4, 0.5) is 10.5 Å². The first-order valence-electron chi connectivity index (χ1n) is 8.48. The van der Waals surface area contributed by atoms with Crippen LogP contribution in [-0.4, -0.2) is 43.6 Å². The highest BCUT2D eigenvalue weighted by Gasteiger charge is 2.08. The summed E-state index contributed by atoms with van der Waals surface area (Å²) in [5.41, 5.74) is 2.53. The topological polar surface area (TPSA) is 105 Å². The summed E-state index contributed by atoms with van der Waals surface area (Å²) in [7, 11) is -1.88. The molecule has 0 aliphatic carbocycles. The molecule has 3 aromatic rings. The molecule has 0 saturated heterocycles. The van der Waals surface area contributed by atoms with E-state index in [-0.39, 0.29) is 18.3 Å². The number of benzene rings is 2. The fourth-order valence-electron chi connectivity index (χ4n) is 2.60. The molecule has 1 aromatic heterocycles. The van der Waals surface area contributed by atoms with E-state index in [4.69, 9.17) is 0 Å². The first-order valence-corrected chi connectivity index (χ1v) is 10.1. The third kappa shape index (κ3) is 4.83. The van der Waals surface area contributed by atoms with Crippen molar-refractivity contribution >= 4 is 32.6 Å². The Balaban J connectivity index is 1.55. The normalized spacial score (nSPS) is 11.4. The van der Waals surface area contributed by atoms with Crippen molar-refractivity contribution in [3.05, 3.63) is 54.7 Å². The molecule has 0 spiro atoms. The molecule has 0 radical (unpaired) electrons. The van der Waals surface area contributed by atoms with Crippen LogP contribution in [0.5, 0.6) is 0 Å². The number of urea groups is 1. The van der Waals surface area contributed by atoms with E-state index in [1.165, 1.54) is 7.05 Å². The lowest BCUT2D eigenvalue weighted by Gasteiger charge is -2.09. The molecule has 2 aromatic carbocycles. The molecule has 3 rings (SSSR count). The van der Waals surface area contributed by atoms with E-state index in [1.807, 2.05) is 47.3 Å². The molecule has 0 fully saturated rings. The van der Waals surface area contributed by atoms with E-state index in [0.717, 1.165) is 16.6 Å². The zero-order chi connectivity index (χ0) is 19.3. The number of hydrogen-bond donors (Lipinski definition) is 3. The summed E-state index contributed by atoms with van der Waals surface area (Å²) in [6, 6.07) is 14.9. The molecule has 8 nitrogen and oxygen atoms in total. The molecular weight excluding hydrogens is 366 g/mol. The standard InChI is InChI=1S/C18H21N5O3S/c1-19-27(25,26)12-4-11-20-18(24)22-15-7-9-16(10-8-15)23-17-6-3-2-5-14(17)13-21-23/h2-3,5-10,13,19H,4,11-12H2,1H3,(H2,20,22,24). The van der Waals surface area contributed by atoms with Gasteiger partial charge in [0, 0.05) is 17.6 Å². The summed E-state index contributed by atoms with van der Waals surface area (Å²) in [4.78, 5) is 11.9. The first kappa shape index (κ1) is 18.9. The maximum absolute atomic E-state index is 11.9. The lowest BCUT2D eigenvalue weighted by molar-refractivity contribution is 0.252. The van der Waals surface area contributed by atoms with Crippen LogP contribution in [0.15, 0.2) is 54.7 Å².